The van der Waals surface area contributed by atoms with Gasteiger partial charge in [0.05, 0.1) is 19.8 Å². The second-order valence-corrected chi connectivity index (χ2v) is 6.37. The maximum atomic E-state index is 14.0. The molecule has 1 atom stereocenters. The van der Waals surface area contributed by atoms with Gasteiger partial charge in [0.25, 0.3) is 0 Å². The second-order valence-electron chi connectivity index (χ2n) is 6.37. The number of ether oxygens (including phenoxy) is 2. The predicted molar refractivity (Wildman–Crippen MR) is 96.8 cm³/mol. The maximum absolute atomic E-state index is 14.0. The Morgan fingerprint density at radius 1 is 1.27 bits per heavy atom. The van der Waals surface area contributed by atoms with Crippen molar-refractivity contribution in [1.29, 1.82) is 0 Å². The lowest BCUT2D eigenvalue weighted by Crippen LogP contribution is -2.47. The van der Waals surface area contributed by atoms with Crippen molar-refractivity contribution in [1.82, 2.24) is 5.32 Å². The molecule has 1 heterocycles. The lowest BCUT2D eigenvalue weighted by Gasteiger charge is -2.29. The van der Waals surface area contributed by atoms with Gasteiger partial charge in [-0.1, -0.05) is 13.8 Å². The molecule has 8 heteroatoms. The molecule has 1 saturated heterocycles. The number of anilines is 2. The minimum atomic E-state index is -0.788. The van der Waals surface area contributed by atoms with Crippen molar-refractivity contribution >= 4 is 23.4 Å². The summed E-state index contributed by atoms with van der Waals surface area (Å²) in [5.74, 6) is -1.03. The molecule has 0 bridgehead atoms. The second kappa shape index (κ2) is 9.38. The van der Waals surface area contributed by atoms with Crippen LogP contribution in [0.5, 0.6) is 0 Å². The Balaban J connectivity index is 2.10. The first-order chi connectivity index (χ1) is 12.4. The zero-order valence-electron chi connectivity index (χ0n) is 15.4. The molecule has 0 aliphatic carbocycles. The molecule has 1 aliphatic heterocycles. The summed E-state index contributed by atoms with van der Waals surface area (Å²) in [6.45, 7) is 8.00. The number of amides is 2. The number of hydrogen-bond acceptors (Lipinski definition) is 5. The first kappa shape index (κ1) is 20.0. The van der Waals surface area contributed by atoms with Crippen molar-refractivity contribution < 1.29 is 23.5 Å². The van der Waals surface area contributed by atoms with E-state index in [2.05, 4.69) is 10.6 Å². The topological polar surface area (TPSA) is 79.9 Å². The highest BCUT2D eigenvalue weighted by Gasteiger charge is 2.25. The zero-order chi connectivity index (χ0) is 19.1. The van der Waals surface area contributed by atoms with Crippen molar-refractivity contribution in [3.05, 3.63) is 24.0 Å². The van der Waals surface area contributed by atoms with E-state index in [0.29, 0.717) is 37.7 Å². The van der Waals surface area contributed by atoms with Crippen LogP contribution in [-0.2, 0) is 14.3 Å². The Morgan fingerprint density at radius 2 is 1.96 bits per heavy atom. The number of carbonyl (C=O) groups is 2. The molecular weight excluding hydrogens is 341 g/mol. The van der Waals surface area contributed by atoms with Crippen LogP contribution in [0.15, 0.2) is 18.2 Å². The average molecular weight is 367 g/mol. The van der Waals surface area contributed by atoms with Crippen LogP contribution in [0.2, 0.25) is 0 Å². The molecule has 2 N–H and O–H groups in total. The fraction of sp³-hybridized carbons (Fsp3) is 0.556. The van der Waals surface area contributed by atoms with E-state index in [1.165, 1.54) is 12.1 Å². The highest BCUT2D eigenvalue weighted by atomic mass is 19.1. The van der Waals surface area contributed by atoms with Crippen molar-refractivity contribution in [2.75, 3.05) is 43.1 Å². The summed E-state index contributed by atoms with van der Waals surface area (Å²) in [5.41, 5.74) is 1.02. The lowest BCUT2D eigenvalue weighted by molar-refractivity contribution is -0.119. The van der Waals surface area contributed by atoms with Crippen molar-refractivity contribution in [3.63, 3.8) is 0 Å². The smallest absolute Gasteiger partial charge is 0.407 e. The normalized spacial score (nSPS) is 15.5. The van der Waals surface area contributed by atoms with Crippen LogP contribution >= 0.6 is 0 Å². The largest absolute Gasteiger partial charge is 0.450 e. The van der Waals surface area contributed by atoms with E-state index in [1.54, 1.807) is 26.8 Å². The molecule has 7 nitrogen and oxygen atoms in total. The van der Waals surface area contributed by atoms with E-state index in [9.17, 15) is 14.0 Å². The van der Waals surface area contributed by atoms with E-state index < -0.39 is 23.9 Å². The number of halogens is 1. The van der Waals surface area contributed by atoms with Crippen LogP contribution in [-0.4, -0.2) is 51.0 Å². The van der Waals surface area contributed by atoms with Crippen molar-refractivity contribution in [2.45, 2.75) is 26.8 Å². The highest BCUT2D eigenvalue weighted by molar-refractivity contribution is 5.97. The van der Waals surface area contributed by atoms with Gasteiger partial charge >= 0.3 is 6.09 Å². The van der Waals surface area contributed by atoms with Crippen LogP contribution in [0.4, 0.5) is 20.6 Å². The molecule has 1 aromatic rings. The number of carbonyl (C=O) groups excluding carboxylic acids is 2. The number of morpholine rings is 1. The van der Waals surface area contributed by atoms with Gasteiger partial charge in [0, 0.05) is 24.5 Å². The molecule has 2 amide bonds. The van der Waals surface area contributed by atoms with Crippen LogP contribution in [0, 0.1) is 11.7 Å². The number of hydrogen-bond donors (Lipinski definition) is 2. The predicted octanol–water partition coefficient (Wildman–Crippen LogP) is 2.37. The summed E-state index contributed by atoms with van der Waals surface area (Å²) in [6, 6.07) is 3.61. The molecule has 0 radical (unpaired) electrons. The highest BCUT2D eigenvalue weighted by Crippen LogP contribution is 2.23. The quantitative estimate of drug-likeness (QED) is 0.807. The standard InChI is InChI=1S/C18H26FN3O4/c1-4-26-18(24)21-16(12(2)3)17(23)20-14-9-13(19)10-15(11-14)22-5-7-25-8-6-22/h9-12,16H,4-8H2,1-3H3,(H,20,23)(H,21,24)/t16-/m0/s1. The summed E-state index contributed by atoms with van der Waals surface area (Å²) in [5, 5.41) is 5.22. The van der Waals surface area contributed by atoms with E-state index in [4.69, 9.17) is 9.47 Å². The van der Waals surface area contributed by atoms with Gasteiger partial charge in [-0.05, 0) is 31.0 Å². The summed E-state index contributed by atoms with van der Waals surface area (Å²) < 4.78 is 24.1. The number of nitrogens with zero attached hydrogens (tertiary/aromatic N) is 1. The third kappa shape index (κ3) is 5.59. The molecule has 26 heavy (non-hydrogen) atoms. The molecule has 0 saturated carbocycles. The van der Waals surface area contributed by atoms with E-state index >= 15 is 0 Å². The van der Waals surface area contributed by atoms with Gasteiger partial charge < -0.3 is 25.0 Å². The van der Waals surface area contributed by atoms with Gasteiger partial charge in [-0.15, -0.1) is 0 Å². The fourth-order valence-corrected chi connectivity index (χ4v) is 2.71. The Morgan fingerprint density at radius 3 is 2.58 bits per heavy atom. The van der Waals surface area contributed by atoms with Gasteiger partial charge in [0.15, 0.2) is 0 Å². The fourth-order valence-electron chi connectivity index (χ4n) is 2.71. The Hall–Kier alpha value is -2.35. The Bertz CT molecular complexity index is 633. The molecule has 1 aromatic carbocycles. The third-order valence-electron chi connectivity index (χ3n) is 4.02. The molecule has 1 aliphatic rings. The molecule has 1 fully saturated rings. The van der Waals surface area contributed by atoms with Gasteiger partial charge in [-0.3, -0.25) is 4.79 Å². The van der Waals surface area contributed by atoms with Crippen LogP contribution < -0.4 is 15.5 Å². The zero-order valence-corrected chi connectivity index (χ0v) is 15.4. The Kier molecular flexibility index (Phi) is 7.20. The number of benzene rings is 1. The summed E-state index contributed by atoms with van der Waals surface area (Å²) >= 11 is 0. The SMILES string of the molecule is CCOC(=O)N[C@H](C(=O)Nc1cc(F)cc(N2CCOCC2)c1)C(C)C. The van der Waals surface area contributed by atoms with E-state index in [-0.39, 0.29) is 12.5 Å². The average Bonchev–Trinajstić information content (AvgIpc) is 2.60. The van der Waals surface area contributed by atoms with Crippen LogP contribution in [0.25, 0.3) is 0 Å². The number of alkyl carbamates (subject to hydrolysis) is 1. The molecule has 2 rings (SSSR count). The molecule has 144 valence electrons. The van der Waals surface area contributed by atoms with Gasteiger partial charge in [-0.25, -0.2) is 9.18 Å². The number of rotatable bonds is 6. The molecular formula is C18H26FN3O4. The number of nitrogens with one attached hydrogen (secondary N) is 2. The first-order valence-electron chi connectivity index (χ1n) is 8.78. The first-order valence-corrected chi connectivity index (χ1v) is 8.78. The molecule has 0 aromatic heterocycles. The molecule has 0 unspecified atom stereocenters. The lowest BCUT2D eigenvalue weighted by atomic mass is 10.0. The summed E-state index contributed by atoms with van der Waals surface area (Å²) in [4.78, 5) is 26.2. The van der Waals surface area contributed by atoms with Gasteiger partial charge in [0.1, 0.15) is 11.9 Å². The van der Waals surface area contributed by atoms with Gasteiger partial charge in [-0.2, -0.15) is 0 Å². The van der Waals surface area contributed by atoms with Crippen molar-refractivity contribution in [2.24, 2.45) is 5.92 Å². The minimum Gasteiger partial charge on any atom is -0.450 e. The van der Waals surface area contributed by atoms with E-state index in [0.717, 1.165) is 0 Å². The maximum Gasteiger partial charge on any atom is 0.407 e. The van der Waals surface area contributed by atoms with Crippen molar-refractivity contribution in [3.8, 4) is 0 Å². The van der Waals surface area contributed by atoms with Crippen LogP contribution in [0.1, 0.15) is 20.8 Å². The molecule has 0 spiro atoms. The third-order valence-corrected chi connectivity index (χ3v) is 4.02. The monoisotopic (exact) mass is 367 g/mol. The minimum absolute atomic E-state index is 0.160. The van der Waals surface area contributed by atoms with Gasteiger partial charge in [0.2, 0.25) is 5.91 Å². The summed E-state index contributed by atoms with van der Waals surface area (Å²) in [7, 11) is 0. The van der Waals surface area contributed by atoms with Crippen LogP contribution in [0.3, 0.4) is 0 Å². The van der Waals surface area contributed by atoms with E-state index in [1.807, 2.05) is 4.90 Å². The summed E-state index contributed by atoms with van der Waals surface area (Å²) in [6.07, 6.45) is -0.658. The Labute approximate surface area is 152 Å².